The number of halogens is 2. The summed E-state index contributed by atoms with van der Waals surface area (Å²) in [6.45, 7) is -0.514. The van der Waals surface area contributed by atoms with Crippen LogP contribution in [0.4, 0.5) is 5.69 Å². The Hall–Kier alpha value is -2.97. The fourth-order valence-electron chi connectivity index (χ4n) is 2.35. The number of hydrogen-bond donors (Lipinski definition) is 2. The van der Waals surface area contributed by atoms with E-state index in [0.717, 1.165) is 0 Å². The van der Waals surface area contributed by atoms with E-state index in [1.165, 1.54) is 43.3 Å². The highest BCUT2D eigenvalue weighted by molar-refractivity contribution is 6.42. The number of nitrogens with zero attached hydrogens (tertiary/aromatic N) is 1. The highest BCUT2D eigenvalue weighted by Gasteiger charge is 2.18. The van der Waals surface area contributed by atoms with E-state index in [2.05, 4.69) is 5.32 Å². The van der Waals surface area contributed by atoms with Crippen LogP contribution >= 0.6 is 23.2 Å². The third kappa shape index (κ3) is 6.27. The summed E-state index contributed by atoms with van der Waals surface area (Å²) >= 11 is 11.8. The van der Waals surface area contributed by atoms with E-state index in [-0.39, 0.29) is 30.2 Å². The van der Waals surface area contributed by atoms with Crippen molar-refractivity contribution in [2.24, 2.45) is 5.73 Å². The van der Waals surface area contributed by atoms with Crippen molar-refractivity contribution in [3.63, 3.8) is 0 Å². The van der Waals surface area contributed by atoms with Gasteiger partial charge < -0.3 is 25.4 Å². The van der Waals surface area contributed by atoms with Gasteiger partial charge in [0.1, 0.15) is 0 Å². The summed E-state index contributed by atoms with van der Waals surface area (Å²) in [7, 11) is 2.88. The molecule has 3 N–H and O–H groups in total. The summed E-state index contributed by atoms with van der Waals surface area (Å²) in [5.41, 5.74) is 5.79. The molecule has 3 amide bonds. The Morgan fingerprint density at radius 1 is 1.07 bits per heavy atom. The standard InChI is InChI=1S/C19H19Cl2N3O5/c1-24(9-18(26)23-12-4-5-13(20)14(21)8-12)19(27)11-3-6-15(16(7-11)28-2)29-10-17(22)25/h3-8H,9-10H2,1-2H3,(H2,22,25)(H,23,26). The zero-order valence-electron chi connectivity index (χ0n) is 15.7. The van der Waals surface area contributed by atoms with E-state index in [9.17, 15) is 14.4 Å². The van der Waals surface area contributed by atoms with Gasteiger partial charge in [-0.15, -0.1) is 0 Å². The second kappa shape index (κ2) is 9.99. The Bertz CT molecular complexity index is 936. The average molecular weight is 440 g/mol. The van der Waals surface area contributed by atoms with E-state index < -0.39 is 17.7 Å². The van der Waals surface area contributed by atoms with Crippen LogP contribution in [-0.2, 0) is 9.59 Å². The topological polar surface area (TPSA) is 111 Å². The maximum atomic E-state index is 12.6. The van der Waals surface area contributed by atoms with Gasteiger partial charge in [-0.3, -0.25) is 14.4 Å². The van der Waals surface area contributed by atoms with Gasteiger partial charge in [-0.1, -0.05) is 23.2 Å². The van der Waals surface area contributed by atoms with Gasteiger partial charge >= 0.3 is 0 Å². The van der Waals surface area contributed by atoms with E-state index >= 15 is 0 Å². The predicted molar refractivity (Wildman–Crippen MR) is 110 cm³/mol. The second-order valence-electron chi connectivity index (χ2n) is 5.96. The molecule has 0 aliphatic heterocycles. The van der Waals surface area contributed by atoms with Crippen molar-refractivity contribution in [2.75, 3.05) is 32.6 Å². The number of carbonyl (C=O) groups excluding carboxylic acids is 3. The lowest BCUT2D eigenvalue weighted by molar-refractivity contribution is -0.120. The Kier molecular flexibility index (Phi) is 7.69. The summed E-state index contributed by atoms with van der Waals surface area (Å²) < 4.78 is 10.4. The Morgan fingerprint density at radius 3 is 2.41 bits per heavy atom. The molecule has 154 valence electrons. The summed E-state index contributed by atoms with van der Waals surface area (Å²) in [4.78, 5) is 36.9. The van der Waals surface area contributed by atoms with Crippen LogP contribution in [0.3, 0.4) is 0 Å². The molecule has 0 heterocycles. The lowest BCUT2D eigenvalue weighted by Gasteiger charge is -2.18. The zero-order chi connectivity index (χ0) is 21.6. The van der Waals surface area contributed by atoms with Crippen molar-refractivity contribution >= 4 is 46.6 Å². The number of hydrogen-bond acceptors (Lipinski definition) is 5. The number of ether oxygens (including phenoxy) is 2. The number of primary amides is 1. The molecule has 2 rings (SSSR count). The first-order valence-corrected chi connectivity index (χ1v) is 9.06. The first-order chi connectivity index (χ1) is 13.7. The lowest BCUT2D eigenvalue weighted by Crippen LogP contribution is -2.34. The smallest absolute Gasteiger partial charge is 0.255 e. The largest absolute Gasteiger partial charge is 0.493 e. The molecule has 0 saturated heterocycles. The molecular formula is C19H19Cl2N3O5. The van der Waals surface area contributed by atoms with Crippen molar-refractivity contribution in [1.29, 1.82) is 0 Å². The lowest BCUT2D eigenvalue weighted by atomic mass is 10.1. The monoisotopic (exact) mass is 439 g/mol. The molecule has 2 aromatic rings. The molecule has 0 bridgehead atoms. The molecule has 0 aromatic heterocycles. The van der Waals surface area contributed by atoms with Gasteiger partial charge in [0.15, 0.2) is 18.1 Å². The minimum atomic E-state index is -0.639. The number of benzene rings is 2. The van der Waals surface area contributed by atoms with E-state index in [0.29, 0.717) is 15.7 Å². The minimum Gasteiger partial charge on any atom is -0.493 e. The van der Waals surface area contributed by atoms with Crippen LogP contribution in [0, 0.1) is 0 Å². The van der Waals surface area contributed by atoms with E-state index in [1.807, 2.05) is 0 Å². The number of anilines is 1. The Morgan fingerprint density at radius 2 is 1.79 bits per heavy atom. The Balaban J connectivity index is 2.03. The highest BCUT2D eigenvalue weighted by Crippen LogP contribution is 2.28. The first kappa shape index (κ1) is 22.3. The molecule has 10 heteroatoms. The maximum absolute atomic E-state index is 12.6. The van der Waals surface area contributed by atoms with E-state index in [4.69, 9.17) is 38.4 Å². The molecule has 2 aromatic carbocycles. The highest BCUT2D eigenvalue weighted by atomic mass is 35.5. The van der Waals surface area contributed by atoms with Crippen molar-refractivity contribution in [3.8, 4) is 11.5 Å². The molecule has 0 saturated carbocycles. The van der Waals surface area contributed by atoms with Crippen LogP contribution in [0.25, 0.3) is 0 Å². The molecule has 0 atom stereocenters. The third-order valence-electron chi connectivity index (χ3n) is 3.71. The fourth-order valence-corrected chi connectivity index (χ4v) is 2.65. The number of likely N-dealkylation sites (N-methyl/N-ethyl adjacent to an activating group) is 1. The number of amides is 3. The van der Waals surface area contributed by atoms with Gasteiger partial charge in [0, 0.05) is 18.3 Å². The summed E-state index contributed by atoms with van der Waals surface area (Å²) in [5, 5.41) is 3.32. The molecule has 0 spiro atoms. The molecular weight excluding hydrogens is 421 g/mol. The quantitative estimate of drug-likeness (QED) is 0.656. The van der Waals surface area contributed by atoms with Crippen LogP contribution in [0.1, 0.15) is 10.4 Å². The summed E-state index contributed by atoms with van der Waals surface area (Å²) in [6, 6.07) is 9.10. The number of nitrogens with one attached hydrogen (secondary N) is 1. The van der Waals surface area contributed by atoms with Crippen LogP contribution < -0.4 is 20.5 Å². The normalized spacial score (nSPS) is 10.2. The van der Waals surface area contributed by atoms with Crippen molar-refractivity contribution in [1.82, 2.24) is 4.90 Å². The number of rotatable bonds is 8. The van der Waals surface area contributed by atoms with Gasteiger partial charge in [0.2, 0.25) is 5.91 Å². The maximum Gasteiger partial charge on any atom is 0.255 e. The van der Waals surface area contributed by atoms with Crippen LogP contribution in [-0.4, -0.2) is 49.9 Å². The van der Waals surface area contributed by atoms with Gasteiger partial charge in [0.25, 0.3) is 11.8 Å². The van der Waals surface area contributed by atoms with Crippen LogP contribution in [0.2, 0.25) is 10.0 Å². The molecule has 0 fully saturated rings. The van der Waals surface area contributed by atoms with Crippen molar-refractivity contribution in [3.05, 3.63) is 52.0 Å². The predicted octanol–water partition coefficient (Wildman–Crippen LogP) is 2.58. The summed E-state index contributed by atoms with van der Waals surface area (Å²) in [6.07, 6.45) is 0. The van der Waals surface area contributed by atoms with Gasteiger partial charge in [-0.05, 0) is 36.4 Å². The van der Waals surface area contributed by atoms with E-state index in [1.54, 1.807) is 12.1 Å². The minimum absolute atomic E-state index is 0.193. The average Bonchev–Trinajstić information content (AvgIpc) is 2.68. The number of nitrogens with two attached hydrogens (primary N) is 1. The first-order valence-electron chi connectivity index (χ1n) is 8.30. The van der Waals surface area contributed by atoms with Crippen molar-refractivity contribution < 1.29 is 23.9 Å². The SMILES string of the molecule is COc1cc(C(=O)N(C)CC(=O)Nc2ccc(Cl)c(Cl)c2)ccc1OCC(N)=O. The van der Waals surface area contributed by atoms with Crippen LogP contribution in [0.15, 0.2) is 36.4 Å². The number of methoxy groups -OCH3 is 1. The van der Waals surface area contributed by atoms with Gasteiger partial charge in [-0.25, -0.2) is 0 Å². The fraction of sp³-hybridized carbons (Fsp3) is 0.211. The molecule has 0 aliphatic carbocycles. The van der Waals surface area contributed by atoms with Gasteiger partial charge in [0.05, 0.1) is 23.7 Å². The molecule has 8 nitrogen and oxygen atoms in total. The summed E-state index contributed by atoms with van der Waals surface area (Å²) in [5.74, 6) is -0.935. The molecule has 0 radical (unpaired) electrons. The van der Waals surface area contributed by atoms with Crippen LogP contribution in [0.5, 0.6) is 11.5 Å². The second-order valence-corrected chi connectivity index (χ2v) is 6.77. The molecule has 29 heavy (non-hydrogen) atoms. The number of carbonyl (C=O) groups is 3. The third-order valence-corrected chi connectivity index (χ3v) is 4.45. The van der Waals surface area contributed by atoms with Gasteiger partial charge in [-0.2, -0.15) is 0 Å². The van der Waals surface area contributed by atoms with Crippen molar-refractivity contribution in [2.45, 2.75) is 0 Å². The Labute approximate surface area is 177 Å². The zero-order valence-corrected chi connectivity index (χ0v) is 17.2. The molecule has 0 unspecified atom stereocenters. The molecule has 0 aliphatic rings.